The van der Waals surface area contributed by atoms with Crippen LogP contribution >= 0.6 is 23.2 Å². The summed E-state index contributed by atoms with van der Waals surface area (Å²) in [7, 11) is 0. The van der Waals surface area contributed by atoms with Crippen LogP contribution in [0.4, 0.5) is 0 Å². The fourth-order valence-electron chi connectivity index (χ4n) is 1.79. The molecule has 0 heterocycles. The summed E-state index contributed by atoms with van der Waals surface area (Å²) < 4.78 is 0. The summed E-state index contributed by atoms with van der Waals surface area (Å²) in [5.74, 6) is -0.483. The molecule has 1 saturated carbocycles. The van der Waals surface area contributed by atoms with Crippen LogP contribution in [-0.4, -0.2) is 22.4 Å². The second kappa shape index (κ2) is 6.21. The molecule has 0 amide bonds. The average molecular weight is 286 g/mol. The molecular weight excluding hydrogens is 273 g/mol. The highest BCUT2D eigenvalue weighted by Crippen LogP contribution is 2.25. The zero-order chi connectivity index (χ0) is 13.0. The lowest BCUT2D eigenvalue weighted by Gasteiger charge is -2.22. The molecule has 3 nitrogen and oxygen atoms in total. The number of carbonyl (C=O) groups excluding carboxylic acids is 1. The first kappa shape index (κ1) is 13.4. The van der Waals surface area contributed by atoms with Gasteiger partial charge in [0.15, 0.2) is 0 Å². The van der Waals surface area contributed by atoms with E-state index in [4.69, 9.17) is 28.0 Å². The molecule has 2 atom stereocenters. The van der Waals surface area contributed by atoms with Gasteiger partial charge in [-0.05, 0) is 31.4 Å². The molecule has 1 aliphatic carbocycles. The van der Waals surface area contributed by atoms with Crippen molar-refractivity contribution in [2.24, 2.45) is 5.16 Å². The van der Waals surface area contributed by atoms with Gasteiger partial charge in [0.25, 0.3) is 0 Å². The van der Waals surface area contributed by atoms with Crippen molar-refractivity contribution in [1.29, 1.82) is 0 Å². The van der Waals surface area contributed by atoms with Gasteiger partial charge in [0.2, 0.25) is 0 Å². The fraction of sp³-hybridized carbons (Fsp3) is 0.385. The summed E-state index contributed by atoms with van der Waals surface area (Å²) >= 11 is 12.1. The molecule has 1 fully saturated rings. The van der Waals surface area contributed by atoms with Crippen molar-refractivity contribution in [3.63, 3.8) is 0 Å². The van der Waals surface area contributed by atoms with E-state index in [9.17, 15) is 4.79 Å². The van der Waals surface area contributed by atoms with Gasteiger partial charge in [0.1, 0.15) is 0 Å². The third-order valence-electron chi connectivity index (χ3n) is 2.80. The van der Waals surface area contributed by atoms with Gasteiger partial charge < -0.3 is 4.84 Å². The van der Waals surface area contributed by atoms with Gasteiger partial charge in [-0.3, -0.25) is 0 Å². The maximum Gasteiger partial charge on any atom is 0.365 e. The third kappa shape index (κ3) is 3.24. The fourth-order valence-corrected chi connectivity index (χ4v) is 2.37. The standard InChI is InChI=1S/C13H13Cl2NO2/c14-10-7-4-8-11(12(10)15)16-18-13(17)9-5-2-1-3-6-9/h1-3,5-6,10,12H,4,7-8H2. The van der Waals surface area contributed by atoms with Crippen molar-refractivity contribution in [3.8, 4) is 0 Å². The molecule has 2 rings (SSSR count). The monoisotopic (exact) mass is 285 g/mol. The number of hydrogen-bond acceptors (Lipinski definition) is 3. The first-order valence-corrected chi connectivity index (χ1v) is 6.67. The van der Waals surface area contributed by atoms with E-state index in [1.165, 1.54) is 0 Å². The molecule has 5 heteroatoms. The van der Waals surface area contributed by atoms with E-state index < -0.39 is 5.97 Å². The lowest BCUT2D eigenvalue weighted by Crippen LogP contribution is -2.30. The molecule has 1 aromatic rings. The summed E-state index contributed by atoms with van der Waals surface area (Å²) in [6, 6.07) is 8.71. The Bertz CT molecular complexity index is 448. The number of rotatable bonds is 2. The Hall–Kier alpha value is -1.06. The van der Waals surface area contributed by atoms with Crippen LogP contribution in [0, 0.1) is 0 Å². The maximum absolute atomic E-state index is 11.7. The Morgan fingerprint density at radius 3 is 2.72 bits per heavy atom. The van der Waals surface area contributed by atoms with Crippen molar-refractivity contribution < 1.29 is 9.63 Å². The number of halogens is 2. The molecule has 0 aromatic heterocycles. The minimum absolute atomic E-state index is 0.144. The Morgan fingerprint density at radius 2 is 2.00 bits per heavy atom. The number of nitrogens with zero attached hydrogens (tertiary/aromatic N) is 1. The van der Waals surface area contributed by atoms with Crippen LogP contribution in [0.3, 0.4) is 0 Å². The SMILES string of the molecule is O=C(ON=C1CCCC(Cl)C1Cl)c1ccccc1. The first-order chi connectivity index (χ1) is 8.68. The van der Waals surface area contributed by atoms with E-state index in [0.29, 0.717) is 11.3 Å². The van der Waals surface area contributed by atoms with Crippen molar-refractivity contribution in [2.45, 2.75) is 30.0 Å². The summed E-state index contributed by atoms with van der Waals surface area (Å²) in [5, 5.41) is 3.34. The lowest BCUT2D eigenvalue weighted by molar-refractivity contribution is 0.0514. The lowest BCUT2D eigenvalue weighted by atomic mass is 9.98. The van der Waals surface area contributed by atoms with Gasteiger partial charge in [0.05, 0.1) is 22.0 Å². The summed E-state index contributed by atoms with van der Waals surface area (Å²) in [4.78, 5) is 16.6. The molecule has 0 bridgehead atoms. The predicted octanol–water partition coefficient (Wildman–Crippen LogP) is 3.60. The molecule has 0 spiro atoms. The first-order valence-electron chi connectivity index (χ1n) is 5.80. The molecule has 18 heavy (non-hydrogen) atoms. The van der Waals surface area contributed by atoms with Crippen LogP contribution in [0.2, 0.25) is 0 Å². The van der Waals surface area contributed by atoms with Gasteiger partial charge in [-0.25, -0.2) is 4.79 Å². The molecular formula is C13H13Cl2NO2. The van der Waals surface area contributed by atoms with Crippen LogP contribution < -0.4 is 0 Å². The van der Waals surface area contributed by atoms with Crippen molar-refractivity contribution in [1.82, 2.24) is 0 Å². The molecule has 0 saturated heterocycles. The summed E-state index contributed by atoms with van der Waals surface area (Å²) in [6.07, 6.45) is 2.50. The Morgan fingerprint density at radius 1 is 1.28 bits per heavy atom. The smallest absolute Gasteiger partial charge is 0.313 e. The van der Waals surface area contributed by atoms with E-state index in [1.807, 2.05) is 6.07 Å². The number of carbonyl (C=O) groups is 1. The van der Waals surface area contributed by atoms with Gasteiger partial charge in [-0.1, -0.05) is 23.4 Å². The van der Waals surface area contributed by atoms with E-state index in [0.717, 1.165) is 19.3 Å². The van der Waals surface area contributed by atoms with Crippen molar-refractivity contribution >= 4 is 34.9 Å². The predicted molar refractivity (Wildman–Crippen MR) is 72.4 cm³/mol. The minimum Gasteiger partial charge on any atom is -0.313 e. The molecule has 96 valence electrons. The molecule has 2 unspecified atom stereocenters. The normalized spacial score (nSPS) is 26.0. The average Bonchev–Trinajstić information content (AvgIpc) is 2.41. The minimum atomic E-state index is -0.483. The van der Waals surface area contributed by atoms with Crippen LogP contribution in [0.15, 0.2) is 35.5 Å². The van der Waals surface area contributed by atoms with Crippen LogP contribution in [0.25, 0.3) is 0 Å². The Kier molecular flexibility index (Phi) is 4.61. The summed E-state index contributed by atoms with van der Waals surface area (Å²) in [6.45, 7) is 0. The maximum atomic E-state index is 11.7. The van der Waals surface area contributed by atoms with E-state index in [1.54, 1.807) is 24.3 Å². The second-order valence-corrected chi connectivity index (χ2v) is 5.17. The quantitative estimate of drug-likeness (QED) is 0.473. The zero-order valence-corrected chi connectivity index (χ0v) is 11.2. The molecule has 0 N–H and O–H groups in total. The van der Waals surface area contributed by atoms with Crippen LogP contribution in [-0.2, 0) is 4.84 Å². The topological polar surface area (TPSA) is 38.7 Å². The van der Waals surface area contributed by atoms with Crippen molar-refractivity contribution in [2.75, 3.05) is 0 Å². The zero-order valence-electron chi connectivity index (χ0n) is 9.68. The van der Waals surface area contributed by atoms with E-state index in [-0.39, 0.29) is 10.8 Å². The van der Waals surface area contributed by atoms with E-state index >= 15 is 0 Å². The van der Waals surface area contributed by atoms with Gasteiger partial charge >= 0.3 is 5.97 Å². The van der Waals surface area contributed by atoms with Gasteiger partial charge in [-0.2, -0.15) is 0 Å². The molecule has 1 aromatic carbocycles. The molecule has 1 aliphatic rings. The Labute approximate surface area is 116 Å². The Balaban J connectivity index is 2.00. The number of benzene rings is 1. The third-order valence-corrected chi connectivity index (χ3v) is 3.96. The number of alkyl halides is 2. The van der Waals surface area contributed by atoms with Gasteiger partial charge in [-0.15, -0.1) is 23.2 Å². The second-order valence-electron chi connectivity index (χ2n) is 4.14. The van der Waals surface area contributed by atoms with Gasteiger partial charge in [0, 0.05) is 0 Å². The van der Waals surface area contributed by atoms with E-state index in [2.05, 4.69) is 5.16 Å². The highest BCUT2D eigenvalue weighted by molar-refractivity contribution is 6.38. The highest BCUT2D eigenvalue weighted by Gasteiger charge is 2.27. The molecule has 0 aliphatic heterocycles. The highest BCUT2D eigenvalue weighted by atomic mass is 35.5. The summed E-state index contributed by atoms with van der Waals surface area (Å²) in [5.41, 5.74) is 1.11. The largest absolute Gasteiger partial charge is 0.365 e. The van der Waals surface area contributed by atoms with Crippen molar-refractivity contribution in [3.05, 3.63) is 35.9 Å². The van der Waals surface area contributed by atoms with Crippen LogP contribution in [0.1, 0.15) is 29.6 Å². The molecule has 0 radical (unpaired) electrons. The number of oxime groups is 1. The van der Waals surface area contributed by atoms with Crippen LogP contribution in [0.5, 0.6) is 0 Å². The number of hydrogen-bond donors (Lipinski definition) is 0.